The highest BCUT2D eigenvalue weighted by molar-refractivity contribution is 5.96. The van der Waals surface area contributed by atoms with Gasteiger partial charge in [-0.2, -0.15) is 0 Å². The minimum Gasteiger partial charge on any atom is -0.515 e. The molecule has 31 heavy (non-hydrogen) atoms. The first-order chi connectivity index (χ1) is 14.6. The monoisotopic (exact) mass is 424 g/mol. The Kier molecular flexibility index (Phi) is 6.07. The molecular formula is C29H44O2. The molecule has 0 radical (unpaired) electrons. The van der Waals surface area contributed by atoms with Gasteiger partial charge in [0.2, 0.25) is 0 Å². The third-order valence-corrected chi connectivity index (χ3v) is 10.5. The molecular weight excluding hydrogens is 380 g/mol. The lowest BCUT2D eigenvalue weighted by Crippen LogP contribution is -2.49. The molecule has 172 valence electrons. The topological polar surface area (TPSA) is 37.3 Å². The molecule has 4 aliphatic carbocycles. The van der Waals surface area contributed by atoms with E-state index >= 15 is 0 Å². The van der Waals surface area contributed by atoms with Crippen LogP contribution in [-0.4, -0.2) is 10.9 Å². The average molecular weight is 425 g/mol. The summed E-state index contributed by atoms with van der Waals surface area (Å²) in [6.45, 7) is 14.4. The number of fused-ring (bicyclic) bond motifs is 5. The summed E-state index contributed by atoms with van der Waals surface area (Å²) in [7, 11) is 0. The second-order valence-corrected chi connectivity index (χ2v) is 12.3. The second kappa shape index (κ2) is 8.23. The molecule has 3 fully saturated rings. The number of rotatable bonds is 4. The van der Waals surface area contributed by atoms with Crippen molar-refractivity contribution in [2.24, 2.45) is 52.3 Å². The number of aliphatic hydroxyl groups is 1. The summed E-state index contributed by atoms with van der Waals surface area (Å²) in [5, 5.41) is 9.67. The van der Waals surface area contributed by atoms with Crippen LogP contribution in [-0.2, 0) is 4.79 Å². The summed E-state index contributed by atoms with van der Waals surface area (Å²) < 4.78 is 0. The Morgan fingerprint density at radius 2 is 1.74 bits per heavy atom. The number of carbonyl (C=O) groups excluding carboxylic acids is 1. The highest BCUT2D eigenvalue weighted by atomic mass is 16.2. The van der Waals surface area contributed by atoms with Crippen molar-refractivity contribution in [1.29, 1.82) is 0 Å². The van der Waals surface area contributed by atoms with Gasteiger partial charge in [-0.1, -0.05) is 65.3 Å². The minimum atomic E-state index is 0.129. The zero-order chi connectivity index (χ0) is 22.6. The maximum absolute atomic E-state index is 12.4. The molecule has 0 spiro atoms. The van der Waals surface area contributed by atoms with Crippen LogP contribution in [0.1, 0.15) is 86.5 Å². The summed E-state index contributed by atoms with van der Waals surface area (Å²) in [6, 6.07) is 0. The van der Waals surface area contributed by atoms with Gasteiger partial charge in [-0.05, 0) is 90.8 Å². The highest BCUT2D eigenvalue weighted by Crippen LogP contribution is 2.66. The number of allylic oxidation sites excluding steroid dienone is 5. The number of Topliss-reactive ketones (excluding diaryl/α,β-unsaturated/α-hetero) is 1. The van der Waals surface area contributed by atoms with Crippen LogP contribution in [0.2, 0.25) is 0 Å². The molecule has 4 rings (SSSR count). The molecule has 0 aromatic carbocycles. The van der Waals surface area contributed by atoms with Crippen molar-refractivity contribution in [3.8, 4) is 0 Å². The van der Waals surface area contributed by atoms with Crippen LogP contribution in [0.3, 0.4) is 0 Å². The fourth-order valence-corrected chi connectivity index (χ4v) is 8.00. The number of aliphatic hydroxyl groups excluding tert-OH is 1. The molecule has 3 saturated carbocycles. The first-order valence-electron chi connectivity index (χ1n) is 12.9. The van der Waals surface area contributed by atoms with Crippen LogP contribution >= 0.6 is 0 Å². The van der Waals surface area contributed by atoms with Gasteiger partial charge >= 0.3 is 0 Å². The minimum absolute atomic E-state index is 0.129. The van der Waals surface area contributed by atoms with Crippen molar-refractivity contribution in [2.45, 2.75) is 86.5 Å². The van der Waals surface area contributed by atoms with Gasteiger partial charge in [-0.3, -0.25) is 4.79 Å². The fourth-order valence-electron chi connectivity index (χ4n) is 8.00. The van der Waals surface area contributed by atoms with Crippen LogP contribution in [0.5, 0.6) is 0 Å². The summed E-state index contributed by atoms with van der Waals surface area (Å²) in [6.07, 6.45) is 16.3. The molecule has 4 aliphatic rings. The number of carbonyl (C=O) groups is 1. The van der Waals surface area contributed by atoms with Crippen molar-refractivity contribution in [2.75, 3.05) is 0 Å². The third kappa shape index (κ3) is 3.66. The zero-order valence-electron chi connectivity index (χ0n) is 20.7. The van der Waals surface area contributed by atoms with Crippen LogP contribution in [0.15, 0.2) is 35.6 Å². The standard InChI is InChI=1S/C29H44O2/c1-18(2)19(3)7-8-20(4)24-11-12-25-23-10-9-22-15-27(31)21(17-30)16-29(22,6)26(23)13-14-28(24,25)5/h7-8,10,17-20,22,24-26,30H,9,11-16H2,1-6H3/b8-7+,21-17-/t19-,20+,22+,24-,25+,26-,28+,29-/m0/s1. The van der Waals surface area contributed by atoms with E-state index < -0.39 is 0 Å². The summed E-state index contributed by atoms with van der Waals surface area (Å²) in [5.41, 5.74) is 2.91. The molecule has 2 nitrogen and oxygen atoms in total. The van der Waals surface area contributed by atoms with Gasteiger partial charge in [0.15, 0.2) is 5.78 Å². The molecule has 0 aromatic rings. The van der Waals surface area contributed by atoms with E-state index in [-0.39, 0.29) is 11.2 Å². The second-order valence-electron chi connectivity index (χ2n) is 12.3. The lowest BCUT2D eigenvalue weighted by molar-refractivity contribution is -0.121. The van der Waals surface area contributed by atoms with Gasteiger partial charge in [0.25, 0.3) is 0 Å². The normalized spacial score (nSPS) is 43.5. The van der Waals surface area contributed by atoms with E-state index in [0.29, 0.717) is 52.9 Å². The highest BCUT2D eigenvalue weighted by Gasteiger charge is 2.58. The molecule has 0 aliphatic heterocycles. The Bertz CT molecular complexity index is 802. The van der Waals surface area contributed by atoms with E-state index in [1.165, 1.54) is 25.7 Å². The van der Waals surface area contributed by atoms with E-state index in [4.69, 9.17) is 0 Å². The van der Waals surface area contributed by atoms with Crippen LogP contribution in [0.4, 0.5) is 0 Å². The van der Waals surface area contributed by atoms with Crippen molar-refractivity contribution >= 4 is 5.78 Å². The van der Waals surface area contributed by atoms with Crippen molar-refractivity contribution in [3.05, 3.63) is 35.6 Å². The fraction of sp³-hybridized carbons (Fsp3) is 0.759. The molecule has 2 heteroatoms. The molecule has 8 atom stereocenters. The summed E-state index contributed by atoms with van der Waals surface area (Å²) >= 11 is 0. The Morgan fingerprint density at radius 1 is 1.03 bits per heavy atom. The molecule has 1 N–H and O–H groups in total. The van der Waals surface area contributed by atoms with Gasteiger partial charge in [0.1, 0.15) is 0 Å². The largest absolute Gasteiger partial charge is 0.515 e. The molecule has 0 heterocycles. The Balaban J connectivity index is 1.57. The number of hydrogen-bond donors (Lipinski definition) is 1. The van der Waals surface area contributed by atoms with Crippen LogP contribution < -0.4 is 0 Å². The van der Waals surface area contributed by atoms with Gasteiger partial charge in [0.05, 0.1) is 6.26 Å². The maximum atomic E-state index is 12.4. The quantitative estimate of drug-likeness (QED) is 0.285. The molecule has 0 amide bonds. The predicted molar refractivity (Wildman–Crippen MR) is 129 cm³/mol. The third-order valence-electron chi connectivity index (χ3n) is 10.5. The Hall–Kier alpha value is -1.31. The van der Waals surface area contributed by atoms with Crippen LogP contribution in [0, 0.1) is 52.3 Å². The molecule has 0 bridgehead atoms. The smallest absolute Gasteiger partial charge is 0.162 e. The molecule has 0 saturated heterocycles. The first-order valence-corrected chi connectivity index (χ1v) is 12.9. The van der Waals surface area contributed by atoms with Gasteiger partial charge in [-0.25, -0.2) is 0 Å². The predicted octanol–water partition coefficient (Wildman–Crippen LogP) is 7.67. The summed E-state index contributed by atoms with van der Waals surface area (Å²) in [5.74, 6) is 4.64. The van der Waals surface area contributed by atoms with E-state index in [0.717, 1.165) is 25.0 Å². The van der Waals surface area contributed by atoms with E-state index in [2.05, 4.69) is 59.8 Å². The van der Waals surface area contributed by atoms with Crippen molar-refractivity contribution < 1.29 is 9.90 Å². The Labute approximate surface area is 190 Å². The summed E-state index contributed by atoms with van der Waals surface area (Å²) in [4.78, 5) is 12.4. The van der Waals surface area contributed by atoms with Gasteiger partial charge < -0.3 is 5.11 Å². The van der Waals surface area contributed by atoms with Gasteiger partial charge in [-0.15, -0.1) is 0 Å². The SMILES string of the molecule is CC(C)[C@@H](C)/C=C/[C@@H](C)[C@@H]1CC[C@@H]2C3=CC[C@@H]4CC(=O)/C(=C\O)C[C@]4(C)[C@H]3CC[C@@]21C. The van der Waals surface area contributed by atoms with Crippen LogP contribution in [0.25, 0.3) is 0 Å². The first kappa shape index (κ1) is 22.9. The lowest BCUT2D eigenvalue weighted by Gasteiger charge is -2.57. The number of hydrogen-bond acceptors (Lipinski definition) is 2. The average Bonchev–Trinajstić information content (AvgIpc) is 3.09. The van der Waals surface area contributed by atoms with E-state index in [9.17, 15) is 9.90 Å². The van der Waals surface area contributed by atoms with Crippen molar-refractivity contribution in [3.63, 3.8) is 0 Å². The van der Waals surface area contributed by atoms with E-state index in [1.807, 2.05) is 0 Å². The van der Waals surface area contributed by atoms with Gasteiger partial charge in [0, 0.05) is 12.0 Å². The zero-order valence-corrected chi connectivity index (χ0v) is 20.7. The Morgan fingerprint density at radius 3 is 2.42 bits per heavy atom. The van der Waals surface area contributed by atoms with E-state index in [1.54, 1.807) is 5.57 Å². The maximum Gasteiger partial charge on any atom is 0.162 e. The lowest BCUT2D eigenvalue weighted by atomic mass is 9.47. The molecule has 0 aromatic heterocycles. The van der Waals surface area contributed by atoms with Crippen molar-refractivity contribution in [1.82, 2.24) is 0 Å². The number of ketones is 1. The molecule has 0 unspecified atom stereocenters.